The van der Waals surface area contributed by atoms with Gasteiger partial charge in [-0.2, -0.15) is 0 Å². The summed E-state index contributed by atoms with van der Waals surface area (Å²) in [5.41, 5.74) is 3.79. The highest BCUT2D eigenvalue weighted by Crippen LogP contribution is 2.24. The molecule has 3 heteroatoms. The average Bonchev–Trinajstić information content (AvgIpc) is 2.29. The van der Waals surface area contributed by atoms with Gasteiger partial charge in [-0.15, -0.1) is 0 Å². The Morgan fingerprint density at radius 3 is 2.65 bits per heavy atom. The van der Waals surface area contributed by atoms with Gasteiger partial charge in [0.05, 0.1) is 11.1 Å². The fourth-order valence-corrected chi connectivity index (χ4v) is 2.02. The monoisotopic (exact) mass is 229 g/mol. The molecule has 0 radical (unpaired) electrons. The van der Waals surface area contributed by atoms with Gasteiger partial charge >= 0.3 is 5.97 Å². The summed E-state index contributed by atoms with van der Waals surface area (Å²) >= 11 is 0. The Labute approximate surface area is 100 Å². The first-order valence-corrected chi connectivity index (χ1v) is 5.67. The second-order valence-electron chi connectivity index (χ2n) is 4.21. The highest BCUT2D eigenvalue weighted by Gasteiger charge is 2.15. The van der Waals surface area contributed by atoms with Crippen LogP contribution in [0.15, 0.2) is 18.2 Å². The molecule has 1 N–H and O–H groups in total. The molecule has 0 atom stereocenters. The fraction of sp³-hybridized carbons (Fsp3) is 0.286. The Bertz CT molecular complexity index is 603. The van der Waals surface area contributed by atoms with E-state index in [2.05, 4.69) is 11.9 Å². The van der Waals surface area contributed by atoms with Crippen molar-refractivity contribution < 1.29 is 9.90 Å². The number of hydrogen-bond acceptors (Lipinski definition) is 2. The van der Waals surface area contributed by atoms with Gasteiger partial charge in [0.15, 0.2) is 0 Å². The maximum atomic E-state index is 11.4. The summed E-state index contributed by atoms with van der Waals surface area (Å²) in [6.45, 7) is 5.70. The standard InChI is InChI=1S/C14H15NO2/c1-4-10-5-6-12-11(7-10)13(14(16)17)8(2)9(3)15-12/h5-7H,4H2,1-3H3,(H,16,17). The van der Waals surface area contributed by atoms with Crippen LogP contribution in [0, 0.1) is 13.8 Å². The molecule has 0 unspecified atom stereocenters. The Kier molecular flexibility index (Phi) is 2.84. The summed E-state index contributed by atoms with van der Waals surface area (Å²) < 4.78 is 0. The molecule has 2 rings (SSSR count). The van der Waals surface area contributed by atoms with Crippen molar-refractivity contribution in [1.29, 1.82) is 0 Å². The van der Waals surface area contributed by atoms with E-state index >= 15 is 0 Å². The molecule has 3 nitrogen and oxygen atoms in total. The summed E-state index contributed by atoms with van der Waals surface area (Å²) in [6.07, 6.45) is 0.891. The molecule has 2 aromatic rings. The van der Waals surface area contributed by atoms with Gasteiger partial charge in [0, 0.05) is 11.1 Å². The van der Waals surface area contributed by atoms with E-state index in [4.69, 9.17) is 0 Å². The first kappa shape index (κ1) is 11.6. The largest absolute Gasteiger partial charge is 0.478 e. The van der Waals surface area contributed by atoms with Crippen LogP contribution in [0.1, 0.15) is 34.1 Å². The first-order valence-electron chi connectivity index (χ1n) is 5.67. The smallest absolute Gasteiger partial charge is 0.336 e. The van der Waals surface area contributed by atoms with Crippen LogP contribution < -0.4 is 0 Å². The summed E-state index contributed by atoms with van der Waals surface area (Å²) in [5, 5.41) is 10.1. The van der Waals surface area contributed by atoms with E-state index in [1.54, 1.807) is 0 Å². The van der Waals surface area contributed by atoms with Crippen LogP contribution in [-0.2, 0) is 6.42 Å². The number of hydrogen-bond donors (Lipinski definition) is 1. The van der Waals surface area contributed by atoms with E-state index in [0.717, 1.165) is 34.1 Å². The molecule has 1 aromatic carbocycles. The SMILES string of the molecule is CCc1ccc2nc(C)c(C)c(C(=O)O)c2c1. The predicted octanol–water partition coefficient (Wildman–Crippen LogP) is 3.11. The minimum Gasteiger partial charge on any atom is -0.478 e. The molecular weight excluding hydrogens is 214 g/mol. The van der Waals surface area contributed by atoms with Gasteiger partial charge in [-0.3, -0.25) is 4.98 Å². The van der Waals surface area contributed by atoms with Gasteiger partial charge in [-0.1, -0.05) is 13.0 Å². The van der Waals surface area contributed by atoms with Gasteiger partial charge < -0.3 is 5.11 Å². The fourth-order valence-electron chi connectivity index (χ4n) is 2.02. The van der Waals surface area contributed by atoms with E-state index in [-0.39, 0.29) is 0 Å². The van der Waals surface area contributed by atoms with Crippen LogP contribution in [0.3, 0.4) is 0 Å². The number of aromatic nitrogens is 1. The molecule has 0 saturated carbocycles. The third-order valence-electron chi connectivity index (χ3n) is 3.16. The van der Waals surface area contributed by atoms with E-state index in [0.29, 0.717) is 5.56 Å². The van der Waals surface area contributed by atoms with E-state index in [9.17, 15) is 9.90 Å². The summed E-state index contributed by atoms with van der Waals surface area (Å²) in [4.78, 5) is 15.8. The Morgan fingerprint density at radius 2 is 2.06 bits per heavy atom. The zero-order valence-corrected chi connectivity index (χ0v) is 10.2. The second kappa shape index (κ2) is 4.17. The molecule has 88 valence electrons. The minimum absolute atomic E-state index is 0.378. The second-order valence-corrected chi connectivity index (χ2v) is 4.21. The van der Waals surface area contributed by atoms with Gasteiger partial charge in [-0.05, 0) is 43.5 Å². The third-order valence-corrected chi connectivity index (χ3v) is 3.16. The number of aryl methyl sites for hydroxylation is 2. The van der Waals surface area contributed by atoms with E-state index in [1.165, 1.54) is 0 Å². The molecule has 0 aliphatic carbocycles. The Hall–Kier alpha value is -1.90. The van der Waals surface area contributed by atoms with Crippen molar-refractivity contribution in [2.75, 3.05) is 0 Å². The summed E-state index contributed by atoms with van der Waals surface area (Å²) in [5.74, 6) is -0.883. The first-order chi connectivity index (χ1) is 8.04. The summed E-state index contributed by atoms with van der Waals surface area (Å²) in [6, 6.07) is 5.82. The molecule has 0 saturated heterocycles. The molecule has 17 heavy (non-hydrogen) atoms. The van der Waals surface area contributed by atoms with Crippen molar-refractivity contribution >= 4 is 16.9 Å². The lowest BCUT2D eigenvalue weighted by atomic mass is 9.99. The molecule has 0 aliphatic heterocycles. The van der Waals surface area contributed by atoms with Crippen molar-refractivity contribution in [3.05, 3.63) is 40.6 Å². The van der Waals surface area contributed by atoms with Crippen LogP contribution in [0.2, 0.25) is 0 Å². The van der Waals surface area contributed by atoms with Gasteiger partial charge in [0.25, 0.3) is 0 Å². The Morgan fingerprint density at radius 1 is 1.35 bits per heavy atom. The topological polar surface area (TPSA) is 50.2 Å². The lowest BCUT2D eigenvalue weighted by Crippen LogP contribution is -2.05. The third kappa shape index (κ3) is 1.88. The van der Waals surface area contributed by atoms with Crippen molar-refractivity contribution in [2.24, 2.45) is 0 Å². The van der Waals surface area contributed by atoms with Gasteiger partial charge in [0.1, 0.15) is 0 Å². The number of pyridine rings is 1. The van der Waals surface area contributed by atoms with Crippen molar-refractivity contribution in [2.45, 2.75) is 27.2 Å². The zero-order valence-electron chi connectivity index (χ0n) is 10.2. The Balaban J connectivity index is 2.89. The lowest BCUT2D eigenvalue weighted by Gasteiger charge is -2.10. The van der Waals surface area contributed by atoms with E-state index < -0.39 is 5.97 Å². The molecule has 1 heterocycles. The van der Waals surface area contributed by atoms with Crippen LogP contribution in [0.25, 0.3) is 10.9 Å². The molecule has 0 spiro atoms. The number of carboxylic acid groups (broad SMARTS) is 1. The minimum atomic E-state index is -0.883. The number of carboxylic acids is 1. The lowest BCUT2D eigenvalue weighted by molar-refractivity contribution is 0.0698. The van der Waals surface area contributed by atoms with Crippen LogP contribution in [0.5, 0.6) is 0 Å². The quantitative estimate of drug-likeness (QED) is 0.860. The number of carbonyl (C=O) groups is 1. The van der Waals surface area contributed by atoms with Gasteiger partial charge in [-0.25, -0.2) is 4.79 Å². The van der Waals surface area contributed by atoms with Crippen molar-refractivity contribution in [1.82, 2.24) is 4.98 Å². The highest BCUT2D eigenvalue weighted by molar-refractivity contribution is 6.04. The van der Waals surface area contributed by atoms with Crippen molar-refractivity contribution in [3.8, 4) is 0 Å². The number of rotatable bonds is 2. The normalized spacial score (nSPS) is 10.8. The van der Waals surface area contributed by atoms with Crippen LogP contribution >= 0.6 is 0 Å². The number of benzene rings is 1. The van der Waals surface area contributed by atoms with E-state index in [1.807, 2.05) is 32.0 Å². The predicted molar refractivity (Wildman–Crippen MR) is 67.6 cm³/mol. The number of aromatic carboxylic acids is 1. The molecule has 0 fully saturated rings. The maximum absolute atomic E-state index is 11.4. The molecular formula is C14H15NO2. The van der Waals surface area contributed by atoms with Crippen LogP contribution in [-0.4, -0.2) is 16.1 Å². The van der Waals surface area contributed by atoms with Gasteiger partial charge in [0.2, 0.25) is 0 Å². The zero-order chi connectivity index (χ0) is 12.6. The highest BCUT2D eigenvalue weighted by atomic mass is 16.4. The molecule has 0 bridgehead atoms. The number of nitrogens with zero attached hydrogens (tertiary/aromatic N) is 1. The molecule has 1 aromatic heterocycles. The molecule has 0 amide bonds. The molecule has 0 aliphatic rings. The van der Waals surface area contributed by atoms with Crippen molar-refractivity contribution in [3.63, 3.8) is 0 Å². The summed E-state index contributed by atoms with van der Waals surface area (Å²) in [7, 11) is 0. The van der Waals surface area contributed by atoms with Crippen LogP contribution in [0.4, 0.5) is 0 Å². The average molecular weight is 229 g/mol. The maximum Gasteiger partial charge on any atom is 0.336 e. The number of fused-ring (bicyclic) bond motifs is 1.